The molecule has 25 heavy (non-hydrogen) atoms. The number of ether oxygens (including phenoxy) is 1. The van der Waals surface area contributed by atoms with Crippen LogP contribution in [0.3, 0.4) is 0 Å². The Labute approximate surface area is 152 Å². The average molecular weight is 383 g/mol. The van der Waals surface area contributed by atoms with E-state index in [9.17, 15) is 13.2 Å². The van der Waals surface area contributed by atoms with E-state index in [0.717, 1.165) is 17.7 Å². The summed E-state index contributed by atoms with van der Waals surface area (Å²) in [5, 5.41) is 0.468. The first-order valence-electron chi connectivity index (χ1n) is 8.27. The predicted octanol–water partition coefficient (Wildman–Crippen LogP) is 2.41. The second-order valence-corrected chi connectivity index (χ2v) is 9.74. The van der Waals surface area contributed by atoms with Crippen LogP contribution in [0.25, 0.3) is 0 Å². The summed E-state index contributed by atoms with van der Waals surface area (Å²) >= 11 is 1.39. The summed E-state index contributed by atoms with van der Waals surface area (Å²) < 4.78 is 29.7. The van der Waals surface area contributed by atoms with Crippen molar-refractivity contribution < 1.29 is 17.9 Å². The number of rotatable bonds is 4. The summed E-state index contributed by atoms with van der Waals surface area (Å²) in [7, 11) is -1.50. The van der Waals surface area contributed by atoms with Crippen molar-refractivity contribution in [2.45, 2.75) is 38.0 Å². The highest BCUT2D eigenvalue weighted by atomic mass is 32.2. The Bertz CT molecular complexity index is 820. The number of carbonyl (C=O) groups excluding carboxylic acids is 1. The van der Waals surface area contributed by atoms with Crippen LogP contribution in [-0.4, -0.2) is 49.4 Å². The lowest BCUT2D eigenvalue weighted by atomic mass is 10.1. The van der Waals surface area contributed by atoms with Gasteiger partial charge >= 0.3 is 0 Å². The molecule has 3 rings (SSSR count). The van der Waals surface area contributed by atoms with Crippen molar-refractivity contribution in [2.75, 3.05) is 23.5 Å². The highest BCUT2D eigenvalue weighted by molar-refractivity contribution is 8.16. The molecule has 136 valence electrons. The monoisotopic (exact) mass is 382 g/mol. The van der Waals surface area contributed by atoms with Crippen LogP contribution in [0.15, 0.2) is 23.2 Å². The van der Waals surface area contributed by atoms with E-state index in [1.54, 1.807) is 7.11 Å². The maximum absolute atomic E-state index is 12.1. The lowest BCUT2D eigenvalue weighted by molar-refractivity contribution is -0.117. The van der Waals surface area contributed by atoms with Gasteiger partial charge in [0, 0.05) is 11.7 Å². The lowest BCUT2D eigenvalue weighted by Gasteiger charge is -2.26. The maximum atomic E-state index is 12.1. The first-order chi connectivity index (χ1) is 11.8. The highest BCUT2D eigenvalue weighted by Crippen LogP contribution is 2.44. The zero-order chi connectivity index (χ0) is 18.2. The molecule has 2 fully saturated rings. The molecule has 1 aromatic rings. The van der Waals surface area contributed by atoms with Crippen LogP contribution in [0, 0.1) is 6.92 Å². The van der Waals surface area contributed by atoms with E-state index >= 15 is 0 Å². The number of carbonyl (C=O) groups is 1. The van der Waals surface area contributed by atoms with E-state index in [2.05, 4.69) is 4.99 Å². The normalized spacial score (nSPS) is 26.0. The summed E-state index contributed by atoms with van der Waals surface area (Å²) in [5.41, 5.74) is 1.80. The number of aryl methyl sites for hydroxylation is 1. The average Bonchev–Trinajstić information content (AvgIpc) is 2.98. The van der Waals surface area contributed by atoms with Crippen molar-refractivity contribution in [1.29, 1.82) is 0 Å². The number of hydrogen-bond donors (Lipinski definition) is 0. The molecule has 0 radical (unpaired) electrons. The number of benzene rings is 1. The Morgan fingerprint density at radius 2 is 2.16 bits per heavy atom. The second kappa shape index (κ2) is 6.99. The van der Waals surface area contributed by atoms with Gasteiger partial charge in [-0.15, -0.1) is 0 Å². The Balaban J connectivity index is 2.07. The molecule has 2 atom stereocenters. The molecule has 6 nitrogen and oxygen atoms in total. The van der Waals surface area contributed by atoms with Crippen molar-refractivity contribution in [1.82, 2.24) is 0 Å². The number of anilines is 1. The fraction of sp³-hybridized carbons (Fsp3) is 0.529. The largest absolute Gasteiger partial charge is 0.495 e. The quantitative estimate of drug-likeness (QED) is 0.796. The SMILES string of the molecule is CCCC(=O)N=C1S[C@@H]2CS(=O)(=O)C[C@@H]2N1c1cc(C)ccc1OC. The summed E-state index contributed by atoms with van der Waals surface area (Å²) in [6.07, 6.45) is 1.12. The van der Waals surface area contributed by atoms with Crippen LogP contribution in [-0.2, 0) is 14.6 Å². The molecular formula is C17H22N2O4S2. The smallest absolute Gasteiger partial charge is 0.248 e. The van der Waals surface area contributed by atoms with Crippen LogP contribution >= 0.6 is 11.8 Å². The molecule has 0 bridgehead atoms. The second-order valence-electron chi connectivity index (χ2n) is 6.38. The number of sulfone groups is 1. The van der Waals surface area contributed by atoms with Crippen LogP contribution in [0.1, 0.15) is 25.3 Å². The number of hydrogen-bond acceptors (Lipinski definition) is 5. The summed E-state index contributed by atoms with van der Waals surface area (Å²) in [5.74, 6) is 0.660. The molecule has 1 aromatic carbocycles. The van der Waals surface area contributed by atoms with Gasteiger partial charge in [0.15, 0.2) is 15.0 Å². The van der Waals surface area contributed by atoms with Gasteiger partial charge < -0.3 is 9.64 Å². The Hall–Kier alpha value is -1.54. The van der Waals surface area contributed by atoms with E-state index in [-0.39, 0.29) is 28.7 Å². The van der Waals surface area contributed by atoms with Gasteiger partial charge in [-0.05, 0) is 31.0 Å². The zero-order valence-corrected chi connectivity index (χ0v) is 16.2. The first kappa shape index (κ1) is 18.3. The van der Waals surface area contributed by atoms with Gasteiger partial charge in [0.05, 0.1) is 30.3 Å². The predicted molar refractivity (Wildman–Crippen MR) is 101 cm³/mol. The molecule has 0 aromatic heterocycles. The molecular weight excluding hydrogens is 360 g/mol. The highest BCUT2D eigenvalue weighted by Gasteiger charge is 2.50. The van der Waals surface area contributed by atoms with Crippen molar-refractivity contribution >= 4 is 38.4 Å². The third kappa shape index (κ3) is 3.69. The molecule has 2 aliphatic rings. The number of aliphatic imine (C=N–C) groups is 1. The molecule has 0 saturated carbocycles. The Morgan fingerprint density at radius 3 is 2.84 bits per heavy atom. The molecule has 2 saturated heterocycles. The van der Waals surface area contributed by atoms with Gasteiger partial charge in [0.25, 0.3) is 0 Å². The van der Waals surface area contributed by atoms with Gasteiger partial charge in [-0.3, -0.25) is 4.79 Å². The van der Waals surface area contributed by atoms with Gasteiger partial charge in [0.1, 0.15) is 5.75 Å². The van der Waals surface area contributed by atoms with Gasteiger partial charge in [-0.2, -0.15) is 4.99 Å². The molecule has 0 N–H and O–H groups in total. The van der Waals surface area contributed by atoms with Gasteiger partial charge in [0.2, 0.25) is 5.91 Å². The number of methoxy groups -OCH3 is 1. The lowest BCUT2D eigenvalue weighted by Crippen LogP contribution is -2.38. The fourth-order valence-electron chi connectivity index (χ4n) is 3.21. The van der Waals surface area contributed by atoms with E-state index in [1.807, 2.05) is 36.9 Å². The van der Waals surface area contributed by atoms with Crippen molar-refractivity contribution in [3.05, 3.63) is 23.8 Å². The maximum Gasteiger partial charge on any atom is 0.248 e. The minimum absolute atomic E-state index is 0.0722. The Kier molecular flexibility index (Phi) is 5.11. The number of amides is 1. The van der Waals surface area contributed by atoms with Crippen LogP contribution < -0.4 is 9.64 Å². The molecule has 0 unspecified atom stereocenters. The summed E-state index contributed by atoms with van der Waals surface area (Å²) in [6, 6.07) is 5.52. The van der Waals surface area contributed by atoms with Crippen molar-refractivity contribution in [3.63, 3.8) is 0 Å². The topological polar surface area (TPSA) is 76.0 Å². The number of amidine groups is 1. The third-order valence-corrected chi connectivity index (χ3v) is 7.55. The number of thioether (sulfide) groups is 1. The van der Waals surface area contributed by atoms with Gasteiger partial charge in [-0.1, -0.05) is 24.8 Å². The van der Waals surface area contributed by atoms with Crippen LogP contribution in [0.5, 0.6) is 5.75 Å². The third-order valence-electron chi connectivity index (χ3n) is 4.34. The standard InChI is InChI=1S/C17H22N2O4S2/c1-4-5-16(20)18-17-19(12-8-11(2)6-7-14(12)23-3)13-9-25(21,22)10-15(13)24-17/h6-8,13,15H,4-5,9-10H2,1-3H3/t13-,15+/m0/s1. The Morgan fingerprint density at radius 1 is 1.40 bits per heavy atom. The molecule has 0 aliphatic carbocycles. The molecule has 0 spiro atoms. The van der Waals surface area contributed by atoms with E-state index < -0.39 is 9.84 Å². The van der Waals surface area contributed by atoms with Crippen LogP contribution in [0.4, 0.5) is 5.69 Å². The fourth-order valence-corrected chi connectivity index (χ4v) is 7.14. The van der Waals surface area contributed by atoms with Crippen molar-refractivity contribution in [3.8, 4) is 5.75 Å². The minimum atomic E-state index is -3.08. The zero-order valence-electron chi connectivity index (χ0n) is 14.6. The summed E-state index contributed by atoms with van der Waals surface area (Å²) in [6.45, 7) is 3.90. The number of nitrogens with zero attached hydrogens (tertiary/aromatic N) is 2. The molecule has 2 aliphatic heterocycles. The molecule has 8 heteroatoms. The van der Waals surface area contributed by atoms with Crippen LogP contribution in [0.2, 0.25) is 0 Å². The molecule has 2 heterocycles. The first-order valence-corrected chi connectivity index (χ1v) is 11.0. The van der Waals surface area contributed by atoms with E-state index in [0.29, 0.717) is 17.3 Å². The number of fused-ring (bicyclic) bond motifs is 1. The minimum Gasteiger partial charge on any atom is -0.495 e. The van der Waals surface area contributed by atoms with Gasteiger partial charge in [-0.25, -0.2) is 8.42 Å². The van der Waals surface area contributed by atoms with E-state index in [1.165, 1.54) is 11.8 Å². The molecule has 1 amide bonds. The van der Waals surface area contributed by atoms with E-state index in [4.69, 9.17) is 4.74 Å². The van der Waals surface area contributed by atoms with Crippen molar-refractivity contribution in [2.24, 2.45) is 4.99 Å². The summed E-state index contributed by atoms with van der Waals surface area (Å²) in [4.78, 5) is 18.2.